The zero-order chi connectivity index (χ0) is 58.9. The van der Waals surface area contributed by atoms with Crippen molar-refractivity contribution in [3.8, 4) is 0 Å². The van der Waals surface area contributed by atoms with Crippen molar-refractivity contribution >= 4 is 59.1 Å². The fourth-order valence-electron chi connectivity index (χ4n) is 8.67. The average Bonchev–Trinajstić information content (AvgIpc) is 3.36. The van der Waals surface area contributed by atoms with Crippen molar-refractivity contribution in [3.05, 3.63) is 0 Å². The van der Waals surface area contributed by atoms with Gasteiger partial charge in [-0.1, -0.05) is 86.0 Å². The first-order valence-electron chi connectivity index (χ1n) is 28.1. The molecule has 1 rings (SSSR count). The van der Waals surface area contributed by atoms with E-state index in [2.05, 4.69) is 60.1 Å². The molecule has 0 aromatic heterocycles. The van der Waals surface area contributed by atoms with E-state index in [4.69, 9.17) is 22.9 Å². The Morgan fingerprint density at radius 3 is 1.38 bits per heavy atom. The number of unbranched alkanes of at least 4 members (excludes halogenated alkanes) is 8. The summed E-state index contributed by atoms with van der Waals surface area (Å²) in [5.41, 5.74) is 23.4. The largest absolute Gasteiger partial charge is 0.391 e. The second-order valence-electron chi connectivity index (χ2n) is 21.2. The third-order valence-corrected chi connectivity index (χ3v) is 13.1. The van der Waals surface area contributed by atoms with Crippen LogP contribution in [0.25, 0.3) is 0 Å². The second kappa shape index (κ2) is 38.9. The minimum absolute atomic E-state index is 0.0681. The van der Waals surface area contributed by atoms with Crippen molar-refractivity contribution in [2.24, 2.45) is 34.8 Å². The van der Waals surface area contributed by atoms with Crippen molar-refractivity contribution in [1.82, 2.24) is 53.2 Å². The van der Waals surface area contributed by atoms with E-state index in [0.717, 1.165) is 32.1 Å². The van der Waals surface area contributed by atoms with E-state index in [1.165, 1.54) is 33.1 Å². The zero-order valence-corrected chi connectivity index (χ0v) is 47.3. The van der Waals surface area contributed by atoms with Gasteiger partial charge in [-0.25, -0.2) is 0 Å². The molecular weight excluding hydrogens is 1010 g/mol. The Morgan fingerprint density at radius 1 is 0.538 bits per heavy atom. The van der Waals surface area contributed by atoms with Crippen LogP contribution in [-0.2, 0) is 47.9 Å². The lowest BCUT2D eigenvalue weighted by Gasteiger charge is -2.29. The summed E-state index contributed by atoms with van der Waals surface area (Å²) >= 11 is 0. The van der Waals surface area contributed by atoms with E-state index in [1.54, 1.807) is 27.7 Å². The highest BCUT2D eigenvalue weighted by Crippen LogP contribution is 2.13. The molecule has 0 aliphatic carbocycles. The first kappa shape index (κ1) is 70.5. The lowest BCUT2D eigenvalue weighted by atomic mass is 9.99. The molecule has 0 saturated carbocycles. The molecule has 0 spiro atoms. The smallest absolute Gasteiger partial charge is 0.245 e. The van der Waals surface area contributed by atoms with Crippen LogP contribution in [0, 0.1) is 11.8 Å². The van der Waals surface area contributed by atoms with Gasteiger partial charge in [0, 0.05) is 13.0 Å². The summed E-state index contributed by atoms with van der Waals surface area (Å²) in [5, 5.41) is 47.0. The highest BCUT2D eigenvalue weighted by atomic mass is 16.3. The summed E-state index contributed by atoms with van der Waals surface area (Å²) in [6.07, 6.45) is 5.56. The molecule has 1 heterocycles. The molecule has 1 aliphatic heterocycles. The standard InChI is InChI=1S/C52H98N14O12/c1-8-9-10-11-12-13-14-15-16-17-41(69)65-43(33(7)68)52(78)62-36(20-25-55)45(71)61-38-22-27-57-51(77)42(32(6)67)66-48(74)37(21-26-56)59-44(70)34(18-23-53)60-49(75)39(28-30(2)3)64-50(76)40(29-31(4)5)63-46(72)35(19-24-54)58-47(38)73/h30-40,42-43,67-68H,8-29,53-56H2,1-7H3,(H,57,77)(H,58,73)(H,59,70)(H,60,75)(H,61,71)(H,62,78)(H,63,72)(H,64,76)(H,65,69)(H,66,74)/t32-,33-,34+,35+,36+,37+,38+,39+,40-,42+,43+/m1/s1. The Morgan fingerprint density at radius 2 is 0.962 bits per heavy atom. The van der Waals surface area contributed by atoms with E-state index in [9.17, 15) is 58.2 Å². The van der Waals surface area contributed by atoms with E-state index in [-0.39, 0.29) is 83.0 Å². The molecule has 11 atom stereocenters. The molecule has 1 fully saturated rings. The molecule has 0 unspecified atom stereocenters. The van der Waals surface area contributed by atoms with Crippen LogP contribution in [0.4, 0.5) is 0 Å². The number of hydrogen-bond donors (Lipinski definition) is 16. The van der Waals surface area contributed by atoms with Crippen LogP contribution in [0.5, 0.6) is 0 Å². The number of carbonyl (C=O) groups is 10. The molecule has 0 radical (unpaired) electrons. The van der Waals surface area contributed by atoms with Gasteiger partial charge in [0.05, 0.1) is 12.2 Å². The Bertz CT molecular complexity index is 1890. The molecule has 26 nitrogen and oxygen atoms in total. The molecule has 0 aromatic rings. The van der Waals surface area contributed by atoms with Crippen molar-refractivity contribution in [2.75, 3.05) is 32.7 Å². The Hall–Kier alpha value is -5.54. The zero-order valence-electron chi connectivity index (χ0n) is 47.3. The highest BCUT2D eigenvalue weighted by Gasteiger charge is 2.37. The first-order valence-corrected chi connectivity index (χ1v) is 28.1. The fourth-order valence-corrected chi connectivity index (χ4v) is 8.67. The molecule has 1 saturated heterocycles. The van der Waals surface area contributed by atoms with E-state index >= 15 is 0 Å². The van der Waals surface area contributed by atoms with Gasteiger partial charge in [-0.2, -0.15) is 0 Å². The lowest BCUT2D eigenvalue weighted by Crippen LogP contribution is -2.61. The number of nitrogens with two attached hydrogens (primary N) is 4. The summed E-state index contributed by atoms with van der Waals surface area (Å²) in [5.74, 6) is -8.78. The molecule has 448 valence electrons. The third-order valence-electron chi connectivity index (χ3n) is 13.1. The summed E-state index contributed by atoms with van der Waals surface area (Å²) in [4.78, 5) is 139. The van der Waals surface area contributed by atoms with Gasteiger partial charge >= 0.3 is 0 Å². The monoisotopic (exact) mass is 1110 g/mol. The first-order chi connectivity index (χ1) is 36.9. The predicted molar refractivity (Wildman–Crippen MR) is 294 cm³/mol. The number of nitrogens with one attached hydrogen (secondary N) is 10. The van der Waals surface area contributed by atoms with Gasteiger partial charge in [-0.15, -0.1) is 0 Å². The summed E-state index contributed by atoms with van der Waals surface area (Å²) in [6.45, 7) is 11.0. The number of aliphatic hydroxyl groups excluding tert-OH is 2. The normalized spacial score (nSPS) is 23.3. The van der Waals surface area contributed by atoms with Crippen molar-refractivity contribution in [1.29, 1.82) is 0 Å². The van der Waals surface area contributed by atoms with Gasteiger partial charge in [0.1, 0.15) is 54.4 Å². The van der Waals surface area contributed by atoms with Crippen molar-refractivity contribution in [3.63, 3.8) is 0 Å². The van der Waals surface area contributed by atoms with Crippen molar-refractivity contribution in [2.45, 2.75) is 224 Å². The van der Waals surface area contributed by atoms with Gasteiger partial charge in [0.15, 0.2) is 0 Å². The van der Waals surface area contributed by atoms with E-state index < -0.39 is 139 Å². The SMILES string of the molecule is CCCCCCCCCCCC(=O)N[C@H](C(=O)N[C@@H](CCN)C(=O)N[C@H]1CCNC(=O)[C@H]([C@@H](C)O)NC(=O)[C@H](CCN)NC(=O)[C@H](CCN)NC(=O)[C@H](CC(C)C)NC(=O)[C@@H](CC(C)C)NC(=O)[C@H](CCN)NC1=O)[C@@H](C)O. The molecular formula is C52H98N14O12. The number of rotatable bonds is 29. The molecule has 10 amide bonds. The summed E-state index contributed by atoms with van der Waals surface area (Å²) in [7, 11) is 0. The summed E-state index contributed by atoms with van der Waals surface area (Å²) < 4.78 is 0. The third kappa shape index (κ3) is 27.4. The molecule has 1 aliphatic rings. The van der Waals surface area contributed by atoms with Gasteiger partial charge < -0.3 is 86.3 Å². The Kier molecular flexibility index (Phi) is 35.2. The van der Waals surface area contributed by atoms with Gasteiger partial charge in [-0.05, 0) is 103 Å². The minimum Gasteiger partial charge on any atom is -0.391 e. The van der Waals surface area contributed by atoms with Crippen LogP contribution >= 0.6 is 0 Å². The molecule has 26 heteroatoms. The van der Waals surface area contributed by atoms with Gasteiger partial charge in [0.25, 0.3) is 0 Å². The summed E-state index contributed by atoms with van der Waals surface area (Å²) in [6, 6.07) is -12.8. The average molecular weight is 1110 g/mol. The predicted octanol–water partition coefficient (Wildman–Crippen LogP) is -2.96. The Balaban J connectivity index is 3.72. The Labute approximate surface area is 460 Å². The minimum atomic E-state index is -1.65. The molecule has 20 N–H and O–H groups in total. The van der Waals surface area contributed by atoms with Crippen LogP contribution in [0.3, 0.4) is 0 Å². The van der Waals surface area contributed by atoms with Crippen LogP contribution in [0.15, 0.2) is 0 Å². The lowest BCUT2D eigenvalue weighted by molar-refractivity contribution is -0.136. The topological polar surface area (TPSA) is 436 Å². The number of hydrogen-bond acceptors (Lipinski definition) is 16. The van der Waals surface area contributed by atoms with Crippen LogP contribution < -0.4 is 76.1 Å². The van der Waals surface area contributed by atoms with E-state index in [0.29, 0.717) is 6.42 Å². The molecule has 78 heavy (non-hydrogen) atoms. The van der Waals surface area contributed by atoms with Crippen molar-refractivity contribution < 1.29 is 58.2 Å². The van der Waals surface area contributed by atoms with E-state index in [1.807, 2.05) is 0 Å². The molecule has 0 bridgehead atoms. The maximum Gasteiger partial charge on any atom is 0.245 e. The molecule has 0 aromatic carbocycles. The quantitative estimate of drug-likeness (QED) is 0.0333. The maximum atomic E-state index is 14.4. The van der Waals surface area contributed by atoms with Crippen LogP contribution in [-0.4, -0.2) is 169 Å². The number of carbonyl (C=O) groups excluding carboxylic acids is 10. The maximum absolute atomic E-state index is 14.4. The van der Waals surface area contributed by atoms with Crippen LogP contribution in [0.2, 0.25) is 0 Å². The fraction of sp³-hybridized carbons (Fsp3) is 0.808. The van der Waals surface area contributed by atoms with Gasteiger partial charge in [-0.3, -0.25) is 47.9 Å². The second-order valence-corrected chi connectivity index (χ2v) is 21.2. The van der Waals surface area contributed by atoms with Gasteiger partial charge in [0.2, 0.25) is 59.1 Å². The number of aliphatic hydroxyl groups is 2. The highest BCUT2D eigenvalue weighted by molar-refractivity contribution is 5.98. The number of amides is 10. The van der Waals surface area contributed by atoms with Crippen LogP contribution in [0.1, 0.15) is 158 Å².